The van der Waals surface area contributed by atoms with Gasteiger partial charge in [-0.05, 0) is 12.1 Å². The number of hydrogen-bond acceptors (Lipinski definition) is 5. The molecule has 1 aliphatic rings. The fraction of sp³-hybridized carbons (Fsp3) is 0.500. The van der Waals surface area contributed by atoms with Crippen LogP contribution in [0.1, 0.15) is 6.42 Å². The predicted molar refractivity (Wildman–Crippen MR) is 68.5 cm³/mol. The summed E-state index contributed by atoms with van der Waals surface area (Å²) in [5.74, 6) is -0.274. The Morgan fingerprint density at radius 3 is 2.79 bits per heavy atom. The van der Waals surface area contributed by atoms with Gasteiger partial charge in [-0.15, -0.1) is 0 Å². The van der Waals surface area contributed by atoms with Crippen LogP contribution in [0.4, 0.5) is 0 Å². The maximum Gasteiger partial charge on any atom is 0.244 e. The summed E-state index contributed by atoms with van der Waals surface area (Å²) in [4.78, 5) is -0.139. The van der Waals surface area contributed by atoms with E-state index in [9.17, 15) is 13.5 Å². The molecule has 0 spiro atoms. The minimum atomic E-state index is -3.76. The number of hydrogen-bond donors (Lipinski definition) is 2. The highest BCUT2D eigenvalue weighted by atomic mass is 32.2. The van der Waals surface area contributed by atoms with Crippen LogP contribution in [0.2, 0.25) is 0 Å². The van der Waals surface area contributed by atoms with Gasteiger partial charge in [0.05, 0.1) is 6.61 Å². The van der Waals surface area contributed by atoms with Crippen molar-refractivity contribution >= 4 is 10.0 Å². The number of rotatable bonds is 5. The first-order valence-electron chi connectivity index (χ1n) is 5.90. The van der Waals surface area contributed by atoms with Crippen LogP contribution in [-0.2, 0) is 19.5 Å². The Hall–Kier alpha value is -1.15. The number of phenolic OH excluding ortho intramolecular Hbond substituents is 1. The molecule has 19 heavy (non-hydrogen) atoms. The van der Waals surface area contributed by atoms with Crippen molar-refractivity contribution in [1.82, 2.24) is 4.72 Å². The monoisotopic (exact) mass is 287 g/mol. The summed E-state index contributed by atoms with van der Waals surface area (Å²) >= 11 is 0. The summed E-state index contributed by atoms with van der Waals surface area (Å²) in [6.07, 6.45) is 0.632. The summed E-state index contributed by atoms with van der Waals surface area (Å²) in [5.41, 5.74) is -0.628. The Bertz CT molecular complexity index is 537. The largest absolute Gasteiger partial charge is 0.507 e. The van der Waals surface area contributed by atoms with Gasteiger partial charge in [-0.3, -0.25) is 0 Å². The van der Waals surface area contributed by atoms with E-state index in [1.54, 1.807) is 12.1 Å². The molecule has 106 valence electrons. The highest BCUT2D eigenvalue weighted by molar-refractivity contribution is 7.89. The number of phenols is 1. The zero-order valence-corrected chi connectivity index (χ0v) is 11.4. The van der Waals surface area contributed by atoms with Crippen LogP contribution in [0.15, 0.2) is 29.2 Å². The number of benzene rings is 1. The molecule has 1 aromatic carbocycles. The molecule has 1 fully saturated rings. The van der Waals surface area contributed by atoms with E-state index in [-0.39, 0.29) is 17.2 Å². The topological polar surface area (TPSA) is 84.9 Å². The lowest BCUT2D eigenvalue weighted by Gasteiger charge is -2.25. The van der Waals surface area contributed by atoms with Gasteiger partial charge >= 0.3 is 0 Å². The Morgan fingerprint density at radius 2 is 2.21 bits per heavy atom. The van der Waals surface area contributed by atoms with Gasteiger partial charge < -0.3 is 14.6 Å². The number of methoxy groups -OCH3 is 1. The van der Waals surface area contributed by atoms with Crippen LogP contribution in [-0.4, -0.2) is 46.0 Å². The highest BCUT2D eigenvalue weighted by Gasteiger charge is 2.36. The van der Waals surface area contributed by atoms with Crippen LogP contribution in [0.25, 0.3) is 0 Å². The van der Waals surface area contributed by atoms with Crippen LogP contribution >= 0.6 is 0 Å². The van der Waals surface area contributed by atoms with E-state index < -0.39 is 15.6 Å². The van der Waals surface area contributed by atoms with Crippen LogP contribution in [0.5, 0.6) is 5.75 Å². The van der Waals surface area contributed by atoms with E-state index in [0.29, 0.717) is 19.6 Å². The van der Waals surface area contributed by atoms with Gasteiger partial charge in [-0.1, -0.05) is 12.1 Å². The molecule has 1 atom stereocenters. The van der Waals surface area contributed by atoms with Gasteiger partial charge in [0, 0.05) is 26.7 Å². The van der Waals surface area contributed by atoms with Crippen molar-refractivity contribution in [3.63, 3.8) is 0 Å². The van der Waals surface area contributed by atoms with Gasteiger partial charge in [0.2, 0.25) is 10.0 Å². The number of aromatic hydroxyl groups is 1. The molecule has 0 aromatic heterocycles. The number of sulfonamides is 1. The lowest BCUT2D eigenvalue weighted by Crippen LogP contribution is -2.44. The number of nitrogens with one attached hydrogen (secondary N) is 1. The molecule has 1 aromatic rings. The minimum Gasteiger partial charge on any atom is -0.507 e. The molecule has 2 N–H and O–H groups in total. The lowest BCUT2D eigenvalue weighted by molar-refractivity contribution is -0.0120. The molecule has 6 nitrogen and oxygen atoms in total. The van der Waals surface area contributed by atoms with Crippen molar-refractivity contribution in [2.45, 2.75) is 16.9 Å². The quantitative estimate of drug-likeness (QED) is 0.822. The second-order valence-electron chi connectivity index (χ2n) is 4.48. The van der Waals surface area contributed by atoms with E-state index >= 15 is 0 Å². The van der Waals surface area contributed by atoms with E-state index in [0.717, 1.165) is 0 Å². The zero-order chi connectivity index (χ0) is 13.9. The van der Waals surface area contributed by atoms with Crippen molar-refractivity contribution in [2.75, 3.05) is 26.9 Å². The number of ether oxygens (including phenoxy) is 2. The first-order valence-corrected chi connectivity index (χ1v) is 7.38. The maximum absolute atomic E-state index is 12.1. The minimum absolute atomic E-state index is 0.111. The molecule has 1 heterocycles. The van der Waals surface area contributed by atoms with Gasteiger partial charge in [-0.2, -0.15) is 0 Å². The van der Waals surface area contributed by atoms with Crippen molar-refractivity contribution in [2.24, 2.45) is 0 Å². The maximum atomic E-state index is 12.1. The van der Waals surface area contributed by atoms with Crippen LogP contribution in [0, 0.1) is 0 Å². The molecule has 0 amide bonds. The average molecular weight is 287 g/mol. The molecule has 1 aliphatic heterocycles. The molecule has 7 heteroatoms. The molecule has 2 rings (SSSR count). The van der Waals surface area contributed by atoms with E-state index in [1.165, 1.54) is 19.2 Å². The highest BCUT2D eigenvalue weighted by Crippen LogP contribution is 2.24. The third kappa shape index (κ3) is 3.06. The average Bonchev–Trinajstić information content (AvgIpc) is 2.86. The summed E-state index contributed by atoms with van der Waals surface area (Å²) in [7, 11) is -2.23. The fourth-order valence-electron chi connectivity index (χ4n) is 1.95. The molecule has 1 unspecified atom stereocenters. The van der Waals surface area contributed by atoms with Crippen molar-refractivity contribution in [3.05, 3.63) is 24.3 Å². The third-order valence-electron chi connectivity index (χ3n) is 3.24. The van der Waals surface area contributed by atoms with Gasteiger partial charge in [0.25, 0.3) is 0 Å². The Morgan fingerprint density at radius 1 is 1.47 bits per heavy atom. The van der Waals surface area contributed by atoms with Crippen LogP contribution in [0.3, 0.4) is 0 Å². The predicted octanol–water partition coefficient (Wildman–Crippen LogP) is 0.476. The molecule has 0 aliphatic carbocycles. The summed E-state index contributed by atoms with van der Waals surface area (Å²) in [6.45, 7) is 1.01. The zero-order valence-electron chi connectivity index (χ0n) is 10.6. The van der Waals surface area contributed by atoms with Gasteiger partial charge in [0.15, 0.2) is 0 Å². The first kappa shape index (κ1) is 14.3. The molecule has 0 saturated carbocycles. The molecular weight excluding hydrogens is 270 g/mol. The number of para-hydroxylation sites is 1. The lowest BCUT2D eigenvalue weighted by atomic mass is 10.0. The normalized spacial score (nSPS) is 23.6. The standard InChI is InChI=1S/C12H17NO5S/c1-17-12(6-7-18-9-12)8-13-19(15,16)11-5-3-2-4-10(11)14/h2-5,13-14H,6-9H2,1H3. The van der Waals surface area contributed by atoms with E-state index in [1.807, 2.05) is 0 Å². The van der Waals surface area contributed by atoms with Gasteiger partial charge in [-0.25, -0.2) is 13.1 Å². The summed E-state index contributed by atoms with van der Waals surface area (Å²) in [5, 5.41) is 9.58. The van der Waals surface area contributed by atoms with Crippen molar-refractivity contribution < 1.29 is 23.0 Å². The van der Waals surface area contributed by atoms with Gasteiger partial charge in [0.1, 0.15) is 16.2 Å². The SMILES string of the molecule is COC1(CNS(=O)(=O)c2ccccc2O)CCOC1. The van der Waals surface area contributed by atoms with Crippen molar-refractivity contribution in [1.29, 1.82) is 0 Å². The smallest absolute Gasteiger partial charge is 0.244 e. The molecule has 0 bridgehead atoms. The van der Waals surface area contributed by atoms with E-state index in [4.69, 9.17) is 9.47 Å². The second-order valence-corrected chi connectivity index (χ2v) is 6.22. The molecule has 1 saturated heterocycles. The Balaban J connectivity index is 2.12. The Labute approximate surface area is 112 Å². The van der Waals surface area contributed by atoms with Crippen LogP contribution < -0.4 is 4.72 Å². The molecule has 0 radical (unpaired) electrons. The second kappa shape index (κ2) is 5.46. The Kier molecular flexibility index (Phi) is 4.10. The summed E-state index contributed by atoms with van der Waals surface area (Å²) < 4.78 is 37.2. The molecular formula is C12H17NO5S. The summed E-state index contributed by atoms with van der Waals surface area (Å²) in [6, 6.07) is 5.80. The van der Waals surface area contributed by atoms with E-state index in [2.05, 4.69) is 4.72 Å². The third-order valence-corrected chi connectivity index (χ3v) is 4.69. The van der Waals surface area contributed by atoms with Crippen molar-refractivity contribution in [3.8, 4) is 5.75 Å². The first-order chi connectivity index (χ1) is 8.99. The fourth-order valence-corrected chi connectivity index (χ4v) is 3.16.